The Morgan fingerprint density at radius 3 is 2.67 bits per heavy atom. The zero-order valence-electron chi connectivity index (χ0n) is 11.7. The van der Waals surface area contributed by atoms with Crippen LogP contribution >= 0.6 is 0 Å². The number of carbonyl (C=O) groups excluding carboxylic acids is 1. The smallest absolute Gasteiger partial charge is 0.323 e. The summed E-state index contributed by atoms with van der Waals surface area (Å²) in [5, 5.41) is 16.5. The number of hydrazine groups is 1. The van der Waals surface area contributed by atoms with Gasteiger partial charge in [0.1, 0.15) is 13.2 Å². The molecule has 0 radical (unpaired) electrons. The quantitative estimate of drug-likeness (QED) is 0.804. The number of benzene rings is 1. The molecule has 0 spiro atoms. The lowest BCUT2D eigenvalue weighted by atomic mass is 10.1. The molecule has 21 heavy (non-hydrogen) atoms. The first kappa shape index (κ1) is 13.8. The number of piperazine rings is 1. The van der Waals surface area contributed by atoms with Crippen LogP contribution in [-0.2, 0) is 4.79 Å². The molecule has 1 saturated heterocycles. The molecule has 0 atom stereocenters. The molecular formula is C14H18N4O3. The summed E-state index contributed by atoms with van der Waals surface area (Å²) in [4.78, 5) is 24.7. The average Bonchev–Trinajstić information content (AvgIpc) is 2.51. The van der Waals surface area contributed by atoms with Gasteiger partial charge in [0, 0.05) is 26.2 Å². The van der Waals surface area contributed by atoms with Crippen LogP contribution in [0.3, 0.4) is 0 Å². The fraction of sp³-hybridized carbons (Fsp3) is 0.429. The van der Waals surface area contributed by atoms with E-state index in [1.807, 2.05) is 17.1 Å². The maximum absolute atomic E-state index is 12.4. The van der Waals surface area contributed by atoms with Crippen LogP contribution in [0.15, 0.2) is 24.3 Å². The molecule has 0 unspecified atom stereocenters. The number of hydrogen-bond donors (Lipinski definition) is 2. The highest BCUT2D eigenvalue weighted by atomic mass is 16.4. The summed E-state index contributed by atoms with van der Waals surface area (Å²) < 4.78 is 0. The number of fused-ring (bicyclic) bond motifs is 1. The SMILES string of the molecule is O=C(O)CN1CN(N2CCNCC2)c2ccccc2C1=O. The van der Waals surface area contributed by atoms with Crippen LogP contribution < -0.4 is 10.3 Å². The fourth-order valence-electron chi connectivity index (χ4n) is 2.77. The number of nitrogens with one attached hydrogen (secondary N) is 1. The summed E-state index contributed by atoms with van der Waals surface area (Å²) in [6.07, 6.45) is 0. The van der Waals surface area contributed by atoms with Gasteiger partial charge in [-0.25, -0.2) is 5.01 Å². The number of para-hydroxylation sites is 1. The van der Waals surface area contributed by atoms with Crippen LogP contribution in [0, 0.1) is 0 Å². The zero-order valence-corrected chi connectivity index (χ0v) is 11.7. The average molecular weight is 290 g/mol. The van der Waals surface area contributed by atoms with Gasteiger partial charge < -0.3 is 15.3 Å². The first-order valence-electron chi connectivity index (χ1n) is 7.00. The largest absolute Gasteiger partial charge is 0.480 e. The van der Waals surface area contributed by atoms with Crippen molar-refractivity contribution in [1.82, 2.24) is 15.2 Å². The summed E-state index contributed by atoms with van der Waals surface area (Å²) in [5.74, 6) is -1.22. The number of hydrogen-bond acceptors (Lipinski definition) is 5. The monoisotopic (exact) mass is 290 g/mol. The van der Waals surface area contributed by atoms with Crippen LogP contribution in [0.1, 0.15) is 10.4 Å². The van der Waals surface area contributed by atoms with Crippen LogP contribution in [0.2, 0.25) is 0 Å². The molecule has 7 nitrogen and oxygen atoms in total. The molecule has 112 valence electrons. The molecule has 2 N–H and O–H groups in total. The Labute approximate surface area is 122 Å². The molecule has 0 aromatic heterocycles. The van der Waals surface area contributed by atoms with E-state index in [1.165, 1.54) is 4.90 Å². The third-order valence-corrected chi connectivity index (χ3v) is 3.77. The van der Waals surface area contributed by atoms with Crippen molar-refractivity contribution in [3.8, 4) is 0 Å². The number of carbonyl (C=O) groups is 2. The number of carboxylic acids is 1. The van der Waals surface area contributed by atoms with Crippen molar-refractivity contribution in [1.29, 1.82) is 0 Å². The van der Waals surface area contributed by atoms with Gasteiger partial charge in [-0.05, 0) is 12.1 Å². The van der Waals surface area contributed by atoms with Crippen LogP contribution in [0.5, 0.6) is 0 Å². The highest BCUT2D eigenvalue weighted by molar-refractivity contribution is 6.02. The van der Waals surface area contributed by atoms with Gasteiger partial charge in [0.05, 0.1) is 11.3 Å². The highest BCUT2D eigenvalue weighted by Gasteiger charge is 2.33. The van der Waals surface area contributed by atoms with Gasteiger partial charge in [0.15, 0.2) is 0 Å². The summed E-state index contributed by atoms with van der Waals surface area (Å²) in [7, 11) is 0. The van der Waals surface area contributed by atoms with Gasteiger partial charge in [-0.2, -0.15) is 0 Å². The van der Waals surface area contributed by atoms with Crippen molar-refractivity contribution < 1.29 is 14.7 Å². The maximum Gasteiger partial charge on any atom is 0.323 e. The lowest BCUT2D eigenvalue weighted by molar-refractivity contribution is -0.137. The Morgan fingerprint density at radius 2 is 1.95 bits per heavy atom. The van der Waals surface area contributed by atoms with Crippen molar-refractivity contribution in [2.45, 2.75) is 0 Å². The van der Waals surface area contributed by atoms with Crippen molar-refractivity contribution >= 4 is 17.6 Å². The van der Waals surface area contributed by atoms with E-state index in [9.17, 15) is 9.59 Å². The van der Waals surface area contributed by atoms with Crippen LogP contribution in [0.25, 0.3) is 0 Å². The second kappa shape index (κ2) is 5.71. The number of carboxylic acid groups (broad SMARTS) is 1. The second-order valence-electron chi connectivity index (χ2n) is 5.16. The molecule has 1 fully saturated rings. The van der Waals surface area contributed by atoms with E-state index in [2.05, 4.69) is 10.3 Å². The van der Waals surface area contributed by atoms with Crippen molar-refractivity contribution in [2.24, 2.45) is 0 Å². The molecule has 0 bridgehead atoms. The number of amides is 1. The fourth-order valence-corrected chi connectivity index (χ4v) is 2.77. The number of rotatable bonds is 3. The second-order valence-corrected chi connectivity index (χ2v) is 5.16. The highest BCUT2D eigenvalue weighted by Crippen LogP contribution is 2.28. The first-order chi connectivity index (χ1) is 10.2. The third-order valence-electron chi connectivity index (χ3n) is 3.77. The van der Waals surface area contributed by atoms with Gasteiger partial charge in [0.2, 0.25) is 0 Å². The lowest BCUT2D eigenvalue weighted by Crippen LogP contribution is -2.59. The van der Waals surface area contributed by atoms with E-state index < -0.39 is 5.97 Å². The number of nitrogens with zero attached hydrogens (tertiary/aromatic N) is 3. The van der Waals surface area contributed by atoms with Gasteiger partial charge >= 0.3 is 5.97 Å². The predicted octanol–water partition coefficient (Wildman–Crippen LogP) is -0.189. The molecule has 0 aliphatic carbocycles. The summed E-state index contributed by atoms with van der Waals surface area (Å²) in [5.41, 5.74) is 1.41. The van der Waals surface area contributed by atoms with Crippen molar-refractivity contribution in [3.63, 3.8) is 0 Å². The van der Waals surface area contributed by atoms with Gasteiger partial charge in [0.25, 0.3) is 5.91 Å². The minimum atomic E-state index is -0.997. The minimum absolute atomic E-state index is 0.223. The van der Waals surface area contributed by atoms with E-state index in [0.717, 1.165) is 31.9 Å². The zero-order chi connectivity index (χ0) is 14.8. The standard InChI is InChI=1S/C14H18N4O3/c19-13(20)9-16-10-18(17-7-5-15-6-8-17)12-4-2-1-3-11(12)14(16)21/h1-4,15H,5-10H2,(H,19,20). The molecule has 3 rings (SSSR count). The molecule has 2 aliphatic heterocycles. The van der Waals surface area contributed by atoms with Crippen molar-refractivity contribution in [2.75, 3.05) is 44.4 Å². The molecule has 7 heteroatoms. The lowest BCUT2D eigenvalue weighted by Gasteiger charge is -2.44. The Morgan fingerprint density at radius 1 is 1.24 bits per heavy atom. The molecule has 2 aliphatic rings. The normalized spacial score (nSPS) is 19.5. The van der Waals surface area contributed by atoms with E-state index in [1.54, 1.807) is 12.1 Å². The van der Waals surface area contributed by atoms with E-state index >= 15 is 0 Å². The van der Waals surface area contributed by atoms with Gasteiger partial charge in [-0.3, -0.25) is 14.6 Å². The molecule has 1 amide bonds. The third kappa shape index (κ3) is 2.70. The molecular weight excluding hydrogens is 272 g/mol. The predicted molar refractivity (Wildman–Crippen MR) is 76.9 cm³/mol. The molecule has 1 aromatic rings. The van der Waals surface area contributed by atoms with Crippen LogP contribution in [0.4, 0.5) is 5.69 Å². The Balaban J connectivity index is 1.93. The van der Waals surface area contributed by atoms with Gasteiger partial charge in [-0.15, -0.1) is 0 Å². The summed E-state index contributed by atoms with van der Waals surface area (Å²) >= 11 is 0. The van der Waals surface area contributed by atoms with E-state index in [0.29, 0.717) is 5.56 Å². The van der Waals surface area contributed by atoms with Gasteiger partial charge in [-0.1, -0.05) is 12.1 Å². The minimum Gasteiger partial charge on any atom is -0.480 e. The Bertz CT molecular complexity index is 557. The Hall–Kier alpha value is -2.12. The summed E-state index contributed by atoms with van der Waals surface area (Å²) in [6.45, 7) is 3.43. The van der Waals surface area contributed by atoms with Crippen LogP contribution in [-0.4, -0.2) is 66.3 Å². The molecule has 1 aromatic carbocycles. The molecule has 2 heterocycles. The maximum atomic E-state index is 12.4. The van der Waals surface area contributed by atoms with E-state index in [-0.39, 0.29) is 19.1 Å². The number of anilines is 1. The Kier molecular flexibility index (Phi) is 3.76. The number of aliphatic carboxylic acids is 1. The van der Waals surface area contributed by atoms with Crippen molar-refractivity contribution in [3.05, 3.63) is 29.8 Å². The van der Waals surface area contributed by atoms with E-state index in [4.69, 9.17) is 5.11 Å². The molecule has 0 saturated carbocycles. The summed E-state index contributed by atoms with van der Waals surface area (Å²) in [6, 6.07) is 7.36. The topological polar surface area (TPSA) is 76.1 Å². The first-order valence-corrected chi connectivity index (χ1v) is 7.00.